The van der Waals surface area contributed by atoms with E-state index in [1.165, 1.54) is 0 Å². The van der Waals surface area contributed by atoms with Gasteiger partial charge in [0.1, 0.15) is 5.82 Å². The van der Waals surface area contributed by atoms with Gasteiger partial charge >= 0.3 is 0 Å². The molecule has 1 aliphatic rings. The van der Waals surface area contributed by atoms with E-state index in [1.54, 1.807) is 24.3 Å². The van der Waals surface area contributed by atoms with Crippen LogP contribution in [-0.4, -0.2) is 22.7 Å². The summed E-state index contributed by atoms with van der Waals surface area (Å²) >= 11 is 0. The molecule has 0 atom stereocenters. The van der Waals surface area contributed by atoms with Crippen LogP contribution in [0.2, 0.25) is 0 Å². The number of carbonyl (C=O) groups excluding carboxylic acids is 1. The summed E-state index contributed by atoms with van der Waals surface area (Å²) in [6.45, 7) is 4.12. The van der Waals surface area contributed by atoms with Crippen LogP contribution in [0.1, 0.15) is 21.6 Å². The van der Waals surface area contributed by atoms with Gasteiger partial charge in [-0.3, -0.25) is 4.79 Å². The monoisotopic (exact) mass is 321 g/mol. The maximum Gasteiger partial charge on any atom is 0.256 e. The van der Waals surface area contributed by atoms with Crippen molar-refractivity contribution in [3.8, 4) is 11.5 Å². The molecule has 6 nitrogen and oxygen atoms in total. The average molecular weight is 321 g/mol. The standard InChI is InChI=1S/C18H15N3O3/c1-10-7-11(2)19-17-13(10)4-6-16(20-17)21-18(22)12-3-5-14-15(8-12)24-9-23-14/h3-8H,9H2,1-2H3,(H,19,20,21,22). The average Bonchev–Trinajstić information content (AvgIpc) is 3.01. The molecule has 1 aromatic carbocycles. The summed E-state index contributed by atoms with van der Waals surface area (Å²) in [5.41, 5.74) is 3.11. The van der Waals surface area contributed by atoms with Crippen molar-refractivity contribution in [2.24, 2.45) is 0 Å². The van der Waals surface area contributed by atoms with Crippen LogP contribution in [0.4, 0.5) is 5.82 Å². The molecule has 0 spiro atoms. The summed E-state index contributed by atoms with van der Waals surface area (Å²) < 4.78 is 10.5. The van der Waals surface area contributed by atoms with Gasteiger partial charge in [-0.2, -0.15) is 0 Å². The zero-order valence-electron chi connectivity index (χ0n) is 13.3. The fourth-order valence-electron chi connectivity index (χ4n) is 2.73. The van der Waals surface area contributed by atoms with Gasteiger partial charge in [0.05, 0.1) is 0 Å². The van der Waals surface area contributed by atoms with Crippen molar-refractivity contribution in [3.05, 3.63) is 53.2 Å². The molecule has 0 fully saturated rings. The largest absolute Gasteiger partial charge is 0.454 e. The Morgan fingerprint density at radius 2 is 1.88 bits per heavy atom. The number of ether oxygens (including phenoxy) is 2. The lowest BCUT2D eigenvalue weighted by atomic mass is 10.1. The first-order valence-corrected chi connectivity index (χ1v) is 7.56. The van der Waals surface area contributed by atoms with E-state index in [0.717, 1.165) is 16.6 Å². The molecule has 0 radical (unpaired) electrons. The number of nitrogens with one attached hydrogen (secondary N) is 1. The minimum Gasteiger partial charge on any atom is -0.454 e. The summed E-state index contributed by atoms with van der Waals surface area (Å²) in [5.74, 6) is 1.42. The predicted octanol–water partition coefficient (Wildman–Crippen LogP) is 3.23. The van der Waals surface area contributed by atoms with Crippen LogP contribution in [0.5, 0.6) is 11.5 Å². The van der Waals surface area contributed by atoms with Gasteiger partial charge in [-0.25, -0.2) is 9.97 Å². The van der Waals surface area contributed by atoms with Crippen LogP contribution in [0.25, 0.3) is 11.0 Å². The summed E-state index contributed by atoms with van der Waals surface area (Å²) in [4.78, 5) is 21.3. The molecule has 0 aliphatic carbocycles. The van der Waals surface area contributed by atoms with Gasteiger partial charge in [0.25, 0.3) is 5.91 Å². The Morgan fingerprint density at radius 1 is 1.04 bits per heavy atom. The summed E-state index contributed by atoms with van der Waals surface area (Å²) in [7, 11) is 0. The quantitative estimate of drug-likeness (QED) is 0.784. The highest BCUT2D eigenvalue weighted by Gasteiger charge is 2.16. The number of fused-ring (bicyclic) bond motifs is 2. The molecule has 0 saturated carbocycles. The van der Waals surface area contributed by atoms with E-state index < -0.39 is 0 Å². The third-order valence-corrected chi connectivity index (χ3v) is 3.88. The number of anilines is 1. The van der Waals surface area contributed by atoms with Crippen molar-refractivity contribution < 1.29 is 14.3 Å². The lowest BCUT2D eigenvalue weighted by Crippen LogP contribution is -2.13. The fourth-order valence-corrected chi connectivity index (χ4v) is 2.73. The molecule has 1 N–H and O–H groups in total. The van der Waals surface area contributed by atoms with E-state index in [4.69, 9.17) is 9.47 Å². The van der Waals surface area contributed by atoms with Crippen molar-refractivity contribution in [1.82, 2.24) is 9.97 Å². The second-order valence-corrected chi connectivity index (χ2v) is 5.67. The molecule has 3 heterocycles. The van der Waals surface area contributed by atoms with Gasteiger partial charge < -0.3 is 14.8 Å². The minimum absolute atomic E-state index is 0.178. The number of aryl methyl sites for hydroxylation is 2. The zero-order valence-corrected chi connectivity index (χ0v) is 13.3. The van der Waals surface area contributed by atoms with Crippen molar-refractivity contribution in [2.75, 3.05) is 12.1 Å². The topological polar surface area (TPSA) is 73.3 Å². The van der Waals surface area contributed by atoms with Crippen LogP contribution < -0.4 is 14.8 Å². The number of aromatic nitrogens is 2. The SMILES string of the molecule is Cc1cc(C)c2ccc(NC(=O)c3ccc4c(c3)OCO4)nc2n1. The summed E-state index contributed by atoms with van der Waals surface area (Å²) in [6.07, 6.45) is 0. The molecule has 4 rings (SSSR count). The molecule has 2 aromatic heterocycles. The zero-order chi connectivity index (χ0) is 16.7. The molecular weight excluding hydrogens is 306 g/mol. The number of benzene rings is 1. The number of carbonyl (C=O) groups is 1. The van der Waals surface area contributed by atoms with Crippen molar-refractivity contribution in [3.63, 3.8) is 0 Å². The van der Waals surface area contributed by atoms with Gasteiger partial charge in [0.15, 0.2) is 17.1 Å². The third kappa shape index (κ3) is 2.52. The van der Waals surface area contributed by atoms with Crippen molar-refractivity contribution in [2.45, 2.75) is 13.8 Å². The Kier molecular flexibility index (Phi) is 3.30. The van der Waals surface area contributed by atoms with Gasteiger partial charge in [-0.1, -0.05) is 0 Å². The summed E-state index contributed by atoms with van der Waals surface area (Å²) in [6, 6.07) is 10.8. The second kappa shape index (κ2) is 5.49. The Hall–Kier alpha value is -3.15. The van der Waals surface area contributed by atoms with Gasteiger partial charge in [-0.05, 0) is 55.8 Å². The maximum atomic E-state index is 12.4. The van der Waals surface area contributed by atoms with Crippen molar-refractivity contribution >= 4 is 22.8 Å². The van der Waals surface area contributed by atoms with Crippen LogP contribution in [0, 0.1) is 13.8 Å². The summed E-state index contributed by atoms with van der Waals surface area (Å²) in [5, 5.41) is 3.77. The number of hydrogen-bond donors (Lipinski definition) is 1. The highest BCUT2D eigenvalue weighted by atomic mass is 16.7. The molecule has 1 amide bonds. The first-order valence-electron chi connectivity index (χ1n) is 7.56. The van der Waals surface area contributed by atoms with Gasteiger partial charge in [0, 0.05) is 16.6 Å². The van der Waals surface area contributed by atoms with Crippen LogP contribution in [0.15, 0.2) is 36.4 Å². The van der Waals surface area contributed by atoms with Gasteiger partial charge in [-0.15, -0.1) is 0 Å². The van der Waals surface area contributed by atoms with Crippen LogP contribution >= 0.6 is 0 Å². The Morgan fingerprint density at radius 3 is 2.75 bits per heavy atom. The number of amides is 1. The molecule has 0 bridgehead atoms. The Balaban J connectivity index is 1.63. The van der Waals surface area contributed by atoms with E-state index in [0.29, 0.717) is 28.5 Å². The smallest absolute Gasteiger partial charge is 0.256 e. The first-order chi connectivity index (χ1) is 11.6. The fraction of sp³-hybridized carbons (Fsp3) is 0.167. The van der Waals surface area contributed by atoms with Crippen LogP contribution in [0.3, 0.4) is 0 Å². The van der Waals surface area contributed by atoms with Crippen LogP contribution in [-0.2, 0) is 0 Å². The van der Waals surface area contributed by atoms with E-state index in [2.05, 4.69) is 15.3 Å². The molecule has 0 unspecified atom stereocenters. The van der Waals surface area contributed by atoms with E-state index >= 15 is 0 Å². The van der Waals surface area contributed by atoms with Crippen molar-refractivity contribution in [1.29, 1.82) is 0 Å². The van der Waals surface area contributed by atoms with Gasteiger partial charge in [0.2, 0.25) is 6.79 Å². The molecular formula is C18H15N3O3. The van der Waals surface area contributed by atoms with E-state index in [9.17, 15) is 4.79 Å². The highest BCUT2D eigenvalue weighted by Crippen LogP contribution is 2.32. The number of nitrogens with zero attached hydrogens (tertiary/aromatic N) is 2. The lowest BCUT2D eigenvalue weighted by molar-refractivity contribution is 0.102. The highest BCUT2D eigenvalue weighted by molar-refractivity contribution is 6.04. The Labute approximate surface area is 138 Å². The Bertz CT molecular complexity index is 969. The lowest BCUT2D eigenvalue weighted by Gasteiger charge is -2.08. The number of hydrogen-bond acceptors (Lipinski definition) is 5. The maximum absolute atomic E-state index is 12.4. The number of rotatable bonds is 2. The molecule has 120 valence electrons. The number of pyridine rings is 2. The predicted molar refractivity (Wildman–Crippen MR) is 89.5 cm³/mol. The molecule has 1 aliphatic heterocycles. The first kappa shape index (κ1) is 14.4. The van der Waals surface area contributed by atoms with E-state index in [-0.39, 0.29) is 12.7 Å². The molecule has 3 aromatic rings. The second-order valence-electron chi connectivity index (χ2n) is 5.67. The molecule has 6 heteroatoms. The molecule has 0 saturated heterocycles. The van der Waals surface area contributed by atoms with E-state index in [1.807, 2.05) is 26.0 Å². The third-order valence-electron chi connectivity index (χ3n) is 3.88. The molecule has 24 heavy (non-hydrogen) atoms. The minimum atomic E-state index is -0.260. The normalized spacial score (nSPS) is 12.4.